The molecule has 0 saturated carbocycles. The summed E-state index contributed by atoms with van der Waals surface area (Å²) in [6, 6.07) is 21.6. The minimum atomic E-state index is 0.543. The highest BCUT2D eigenvalue weighted by Crippen LogP contribution is 2.27. The molecule has 0 amide bonds. The molecule has 20 heavy (non-hydrogen) atoms. The highest BCUT2D eigenvalue weighted by atomic mass is 16.5. The Morgan fingerprint density at radius 1 is 0.900 bits per heavy atom. The molecular formula is C17H11N2O. The number of aromatic amines is 1. The van der Waals surface area contributed by atoms with Crippen LogP contribution in [0, 0.1) is 6.07 Å². The summed E-state index contributed by atoms with van der Waals surface area (Å²) in [6.07, 6.45) is 1.73. The number of fused-ring (bicyclic) bond motifs is 2. The Balaban J connectivity index is 1.83. The summed E-state index contributed by atoms with van der Waals surface area (Å²) in [7, 11) is 0. The molecule has 1 heterocycles. The molecule has 0 aliphatic carbocycles. The largest absolute Gasteiger partial charge is 0.437 e. The van der Waals surface area contributed by atoms with Gasteiger partial charge in [-0.1, -0.05) is 30.3 Å². The number of ether oxygens (including phenoxy) is 1. The van der Waals surface area contributed by atoms with Crippen LogP contribution in [0.3, 0.4) is 0 Å². The monoisotopic (exact) mass is 259 g/mol. The van der Waals surface area contributed by atoms with Gasteiger partial charge in [0.15, 0.2) is 0 Å². The minimum Gasteiger partial charge on any atom is -0.437 e. The van der Waals surface area contributed by atoms with Crippen molar-refractivity contribution in [2.24, 2.45) is 0 Å². The molecule has 4 rings (SSSR count). The van der Waals surface area contributed by atoms with Gasteiger partial charge in [-0.15, -0.1) is 5.10 Å². The van der Waals surface area contributed by atoms with Crippen LogP contribution in [0.15, 0.2) is 60.8 Å². The third kappa shape index (κ3) is 1.89. The van der Waals surface area contributed by atoms with Gasteiger partial charge in [0.05, 0.1) is 0 Å². The smallest absolute Gasteiger partial charge is 0.237 e. The highest BCUT2D eigenvalue weighted by Gasteiger charge is 2.03. The molecular weight excluding hydrogens is 248 g/mol. The molecule has 1 aromatic heterocycles. The van der Waals surface area contributed by atoms with Crippen LogP contribution in [0.4, 0.5) is 0 Å². The summed E-state index contributed by atoms with van der Waals surface area (Å²) in [5, 5.41) is 11.3. The quantitative estimate of drug-likeness (QED) is 0.545. The summed E-state index contributed by atoms with van der Waals surface area (Å²) >= 11 is 0. The molecule has 4 aromatic rings. The molecule has 1 radical (unpaired) electrons. The van der Waals surface area contributed by atoms with E-state index in [0.717, 1.165) is 10.8 Å². The topological polar surface area (TPSA) is 37.9 Å². The molecule has 3 aromatic carbocycles. The second-order valence-electron chi connectivity index (χ2n) is 4.62. The second kappa shape index (κ2) is 4.38. The van der Waals surface area contributed by atoms with E-state index in [1.165, 1.54) is 10.8 Å². The lowest BCUT2D eigenvalue weighted by Gasteiger charge is -2.05. The van der Waals surface area contributed by atoms with Crippen molar-refractivity contribution in [1.29, 1.82) is 0 Å². The van der Waals surface area contributed by atoms with E-state index < -0.39 is 0 Å². The van der Waals surface area contributed by atoms with E-state index in [1.54, 1.807) is 12.3 Å². The standard InChI is InChI=1S/C17H11N2O/c1-2-4-13-10-15-11-16(20-17-7-8-18-19-17)6-5-14(15)9-12(13)3-1/h1-10H,(H,18,19). The van der Waals surface area contributed by atoms with Gasteiger partial charge in [0.1, 0.15) is 5.75 Å². The van der Waals surface area contributed by atoms with Crippen molar-refractivity contribution in [2.75, 3.05) is 0 Å². The number of rotatable bonds is 2. The van der Waals surface area contributed by atoms with Crippen molar-refractivity contribution in [3.63, 3.8) is 0 Å². The molecule has 0 bridgehead atoms. The molecule has 1 N–H and O–H groups in total. The highest BCUT2D eigenvalue weighted by molar-refractivity contribution is 5.98. The molecule has 0 atom stereocenters. The number of aromatic nitrogens is 2. The van der Waals surface area contributed by atoms with Crippen molar-refractivity contribution < 1.29 is 4.74 Å². The Kier molecular flexibility index (Phi) is 2.42. The summed E-state index contributed by atoms with van der Waals surface area (Å²) in [5.74, 6) is 1.21. The van der Waals surface area contributed by atoms with Gasteiger partial charge in [0.2, 0.25) is 5.88 Å². The van der Waals surface area contributed by atoms with E-state index in [0.29, 0.717) is 11.6 Å². The molecule has 0 saturated heterocycles. The van der Waals surface area contributed by atoms with Crippen LogP contribution >= 0.6 is 0 Å². The first-order chi connectivity index (χ1) is 9.88. The maximum Gasteiger partial charge on any atom is 0.237 e. The number of H-pyrrole nitrogens is 1. The zero-order valence-electron chi connectivity index (χ0n) is 10.6. The maximum absolute atomic E-state index is 5.64. The third-order valence-corrected chi connectivity index (χ3v) is 3.28. The lowest BCUT2D eigenvalue weighted by atomic mass is 10.0. The molecule has 95 valence electrons. The van der Waals surface area contributed by atoms with Crippen molar-refractivity contribution >= 4 is 21.5 Å². The van der Waals surface area contributed by atoms with E-state index in [9.17, 15) is 0 Å². The number of benzene rings is 3. The van der Waals surface area contributed by atoms with E-state index >= 15 is 0 Å². The van der Waals surface area contributed by atoms with Crippen molar-refractivity contribution in [1.82, 2.24) is 10.2 Å². The van der Waals surface area contributed by atoms with Gasteiger partial charge < -0.3 is 4.74 Å². The Morgan fingerprint density at radius 3 is 2.55 bits per heavy atom. The van der Waals surface area contributed by atoms with Gasteiger partial charge in [-0.25, -0.2) is 0 Å². The minimum absolute atomic E-state index is 0.543. The number of hydrogen-bond donors (Lipinski definition) is 1. The normalized spacial score (nSPS) is 11.0. The third-order valence-electron chi connectivity index (χ3n) is 3.28. The summed E-state index contributed by atoms with van der Waals surface area (Å²) in [6.45, 7) is 0. The van der Waals surface area contributed by atoms with Crippen molar-refractivity contribution in [3.05, 3.63) is 66.9 Å². The molecule has 0 fully saturated rings. The Labute approximate surface area is 115 Å². The van der Waals surface area contributed by atoms with Crippen LogP contribution in [0.1, 0.15) is 0 Å². The van der Waals surface area contributed by atoms with Gasteiger partial charge in [-0.05, 0) is 39.7 Å². The van der Waals surface area contributed by atoms with Crippen LogP contribution in [0.25, 0.3) is 21.5 Å². The average Bonchev–Trinajstić information content (AvgIpc) is 2.98. The van der Waals surface area contributed by atoms with E-state index in [1.807, 2.05) is 24.3 Å². The lowest BCUT2D eigenvalue weighted by molar-refractivity contribution is 0.461. The first kappa shape index (κ1) is 11.1. The molecule has 3 nitrogen and oxygen atoms in total. The number of nitrogens with one attached hydrogen (secondary N) is 1. The predicted molar refractivity (Wildman–Crippen MR) is 79.0 cm³/mol. The summed E-state index contributed by atoms with van der Waals surface area (Å²) in [5.41, 5.74) is 0. The maximum atomic E-state index is 5.64. The summed E-state index contributed by atoms with van der Waals surface area (Å²) < 4.78 is 5.64. The van der Waals surface area contributed by atoms with E-state index in [-0.39, 0.29) is 0 Å². The fraction of sp³-hybridized carbons (Fsp3) is 0. The van der Waals surface area contributed by atoms with Gasteiger partial charge in [-0.3, -0.25) is 5.10 Å². The fourth-order valence-corrected chi connectivity index (χ4v) is 2.32. The Morgan fingerprint density at radius 2 is 1.75 bits per heavy atom. The number of nitrogens with zero attached hydrogens (tertiary/aromatic N) is 1. The van der Waals surface area contributed by atoms with Gasteiger partial charge in [0.25, 0.3) is 0 Å². The molecule has 3 heteroatoms. The molecule has 0 unspecified atom stereocenters. The molecule has 0 aliphatic rings. The molecule has 0 spiro atoms. The van der Waals surface area contributed by atoms with Gasteiger partial charge in [-0.2, -0.15) is 0 Å². The van der Waals surface area contributed by atoms with Gasteiger partial charge in [0, 0.05) is 18.3 Å². The van der Waals surface area contributed by atoms with Crippen LogP contribution in [-0.4, -0.2) is 10.2 Å². The van der Waals surface area contributed by atoms with Crippen LogP contribution in [0.2, 0.25) is 0 Å². The second-order valence-corrected chi connectivity index (χ2v) is 4.62. The first-order valence-corrected chi connectivity index (χ1v) is 6.41. The predicted octanol–water partition coefficient (Wildman–Crippen LogP) is 4.31. The summed E-state index contributed by atoms with van der Waals surface area (Å²) in [4.78, 5) is 0. The lowest BCUT2D eigenvalue weighted by Crippen LogP contribution is -1.85. The average molecular weight is 259 g/mol. The molecule has 0 aliphatic heterocycles. The number of hydrogen-bond acceptors (Lipinski definition) is 2. The zero-order valence-corrected chi connectivity index (χ0v) is 10.6. The van der Waals surface area contributed by atoms with Crippen LogP contribution in [-0.2, 0) is 0 Å². The van der Waals surface area contributed by atoms with Crippen molar-refractivity contribution in [2.45, 2.75) is 0 Å². The Hall–Kier alpha value is -2.81. The van der Waals surface area contributed by atoms with E-state index in [4.69, 9.17) is 4.74 Å². The SMILES string of the molecule is [c]1c(Oc2cc[nH]n2)ccc2cc3ccccc3cc12. The van der Waals surface area contributed by atoms with E-state index in [2.05, 4.69) is 40.5 Å². The first-order valence-electron chi connectivity index (χ1n) is 6.41. The van der Waals surface area contributed by atoms with Crippen molar-refractivity contribution in [3.8, 4) is 11.6 Å². The van der Waals surface area contributed by atoms with Crippen LogP contribution in [0.5, 0.6) is 11.6 Å². The van der Waals surface area contributed by atoms with Crippen LogP contribution < -0.4 is 4.74 Å². The fourth-order valence-electron chi connectivity index (χ4n) is 2.32. The van der Waals surface area contributed by atoms with Gasteiger partial charge >= 0.3 is 0 Å². The Bertz CT molecular complexity index is 882. The zero-order chi connectivity index (χ0) is 13.4.